The zero-order chi connectivity index (χ0) is 14.4. The molecular formula is C16H18N2OS. The SMILES string of the molecule is Cc1ccccc1NC(=O)CSCc1ccc(N)cc1. The first-order chi connectivity index (χ1) is 9.65. The Morgan fingerprint density at radius 3 is 2.55 bits per heavy atom. The highest BCUT2D eigenvalue weighted by molar-refractivity contribution is 7.99. The maximum atomic E-state index is 11.9. The predicted molar refractivity (Wildman–Crippen MR) is 86.8 cm³/mol. The van der Waals surface area contributed by atoms with Gasteiger partial charge in [-0.1, -0.05) is 30.3 Å². The summed E-state index contributed by atoms with van der Waals surface area (Å²) in [5.41, 5.74) is 9.52. The van der Waals surface area contributed by atoms with E-state index in [1.54, 1.807) is 11.8 Å². The topological polar surface area (TPSA) is 55.1 Å². The van der Waals surface area contributed by atoms with Crippen molar-refractivity contribution in [1.29, 1.82) is 0 Å². The van der Waals surface area contributed by atoms with E-state index in [0.717, 1.165) is 22.7 Å². The number of anilines is 2. The van der Waals surface area contributed by atoms with Crippen molar-refractivity contribution < 1.29 is 4.79 Å². The molecule has 0 atom stereocenters. The zero-order valence-electron chi connectivity index (χ0n) is 11.4. The number of hydrogen-bond donors (Lipinski definition) is 2. The second-order valence-electron chi connectivity index (χ2n) is 4.60. The second kappa shape index (κ2) is 7.01. The van der Waals surface area contributed by atoms with Crippen LogP contribution >= 0.6 is 11.8 Å². The molecule has 0 fully saturated rings. The summed E-state index contributed by atoms with van der Waals surface area (Å²) in [5.74, 6) is 1.28. The fourth-order valence-electron chi connectivity index (χ4n) is 1.77. The van der Waals surface area contributed by atoms with Gasteiger partial charge in [0.15, 0.2) is 0 Å². The first-order valence-electron chi connectivity index (χ1n) is 6.43. The van der Waals surface area contributed by atoms with E-state index in [9.17, 15) is 4.79 Å². The first kappa shape index (κ1) is 14.5. The van der Waals surface area contributed by atoms with Crippen molar-refractivity contribution in [3.05, 3.63) is 59.7 Å². The summed E-state index contributed by atoms with van der Waals surface area (Å²) < 4.78 is 0. The minimum absolute atomic E-state index is 0.0275. The van der Waals surface area contributed by atoms with Crippen LogP contribution in [-0.2, 0) is 10.5 Å². The van der Waals surface area contributed by atoms with Crippen LogP contribution in [0.5, 0.6) is 0 Å². The van der Waals surface area contributed by atoms with Crippen LogP contribution in [-0.4, -0.2) is 11.7 Å². The average Bonchev–Trinajstić information content (AvgIpc) is 2.44. The van der Waals surface area contributed by atoms with Crippen molar-refractivity contribution in [2.24, 2.45) is 0 Å². The standard InChI is InChI=1S/C16H18N2OS/c1-12-4-2-3-5-15(12)18-16(19)11-20-10-13-6-8-14(17)9-7-13/h2-9H,10-11,17H2,1H3,(H,18,19). The summed E-state index contributed by atoms with van der Waals surface area (Å²) in [5, 5.41) is 2.93. The summed E-state index contributed by atoms with van der Waals surface area (Å²) in [6.07, 6.45) is 0. The van der Waals surface area contributed by atoms with Gasteiger partial charge < -0.3 is 11.1 Å². The van der Waals surface area contributed by atoms with Crippen LogP contribution < -0.4 is 11.1 Å². The Kier molecular flexibility index (Phi) is 5.07. The first-order valence-corrected chi connectivity index (χ1v) is 7.58. The van der Waals surface area contributed by atoms with Crippen molar-refractivity contribution >= 4 is 29.0 Å². The molecule has 1 amide bonds. The molecule has 104 valence electrons. The van der Waals surface area contributed by atoms with E-state index >= 15 is 0 Å². The number of para-hydroxylation sites is 1. The molecule has 0 heterocycles. The number of hydrogen-bond acceptors (Lipinski definition) is 3. The number of nitrogen functional groups attached to an aromatic ring is 1. The van der Waals surface area contributed by atoms with Gasteiger partial charge in [-0.05, 0) is 36.2 Å². The molecule has 0 unspecified atom stereocenters. The highest BCUT2D eigenvalue weighted by Gasteiger charge is 2.04. The summed E-state index contributed by atoms with van der Waals surface area (Å²) in [4.78, 5) is 11.9. The third-order valence-corrected chi connectivity index (χ3v) is 3.90. The molecule has 2 aromatic carbocycles. The molecule has 0 spiro atoms. The molecule has 0 radical (unpaired) electrons. The average molecular weight is 286 g/mol. The van der Waals surface area contributed by atoms with Gasteiger partial charge in [-0.2, -0.15) is 0 Å². The maximum Gasteiger partial charge on any atom is 0.234 e. The maximum absolute atomic E-state index is 11.9. The van der Waals surface area contributed by atoms with Gasteiger partial charge in [-0.15, -0.1) is 11.8 Å². The lowest BCUT2D eigenvalue weighted by Crippen LogP contribution is -2.14. The number of nitrogens with one attached hydrogen (secondary N) is 1. The smallest absolute Gasteiger partial charge is 0.234 e. The van der Waals surface area contributed by atoms with Crippen LogP contribution in [0.3, 0.4) is 0 Å². The van der Waals surface area contributed by atoms with E-state index in [-0.39, 0.29) is 5.91 Å². The molecule has 2 rings (SSSR count). The monoisotopic (exact) mass is 286 g/mol. The number of carbonyl (C=O) groups is 1. The molecule has 20 heavy (non-hydrogen) atoms. The van der Waals surface area contributed by atoms with E-state index < -0.39 is 0 Å². The lowest BCUT2D eigenvalue weighted by molar-refractivity contribution is -0.113. The largest absolute Gasteiger partial charge is 0.399 e. The molecule has 0 saturated heterocycles. The molecule has 2 aromatic rings. The Morgan fingerprint density at radius 2 is 1.85 bits per heavy atom. The lowest BCUT2D eigenvalue weighted by atomic mass is 10.2. The highest BCUT2D eigenvalue weighted by Crippen LogP contribution is 2.16. The van der Waals surface area contributed by atoms with Crippen molar-refractivity contribution in [2.45, 2.75) is 12.7 Å². The Bertz CT molecular complexity index is 581. The van der Waals surface area contributed by atoms with Crippen LogP contribution in [0.2, 0.25) is 0 Å². The Hall–Kier alpha value is -1.94. The molecule has 3 nitrogen and oxygen atoms in total. The molecule has 4 heteroatoms. The summed E-state index contributed by atoms with van der Waals surface area (Å²) in [7, 11) is 0. The van der Waals surface area contributed by atoms with Gasteiger partial charge in [0.2, 0.25) is 5.91 Å². The number of benzene rings is 2. The van der Waals surface area contributed by atoms with E-state index in [1.165, 1.54) is 5.56 Å². The molecule has 0 aliphatic rings. The van der Waals surface area contributed by atoms with Crippen molar-refractivity contribution in [3.63, 3.8) is 0 Å². The minimum Gasteiger partial charge on any atom is -0.399 e. The van der Waals surface area contributed by atoms with Crippen LogP contribution in [0.15, 0.2) is 48.5 Å². The Labute approximate surface area is 123 Å². The van der Waals surface area contributed by atoms with E-state index in [1.807, 2.05) is 55.5 Å². The number of rotatable bonds is 5. The number of aryl methyl sites for hydroxylation is 1. The molecular weight excluding hydrogens is 268 g/mol. The molecule has 3 N–H and O–H groups in total. The van der Waals surface area contributed by atoms with Gasteiger partial charge in [0.1, 0.15) is 0 Å². The third kappa shape index (κ3) is 4.31. The zero-order valence-corrected chi connectivity index (χ0v) is 12.2. The quantitative estimate of drug-likeness (QED) is 0.828. The van der Waals surface area contributed by atoms with Gasteiger partial charge >= 0.3 is 0 Å². The predicted octanol–water partition coefficient (Wildman–Crippen LogP) is 3.45. The fourth-order valence-corrected chi connectivity index (χ4v) is 2.56. The number of amides is 1. The molecule has 0 aliphatic carbocycles. The van der Waals surface area contributed by atoms with Crippen molar-refractivity contribution in [2.75, 3.05) is 16.8 Å². The molecule has 0 aliphatic heterocycles. The second-order valence-corrected chi connectivity index (χ2v) is 5.58. The Balaban J connectivity index is 1.78. The van der Waals surface area contributed by atoms with Gasteiger partial charge in [0.25, 0.3) is 0 Å². The number of thioether (sulfide) groups is 1. The fraction of sp³-hybridized carbons (Fsp3) is 0.188. The van der Waals surface area contributed by atoms with Crippen molar-refractivity contribution in [1.82, 2.24) is 0 Å². The highest BCUT2D eigenvalue weighted by atomic mass is 32.2. The third-order valence-electron chi connectivity index (χ3n) is 2.90. The van der Waals surface area contributed by atoms with Crippen LogP contribution in [0.4, 0.5) is 11.4 Å². The van der Waals surface area contributed by atoms with E-state index in [4.69, 9.17) is 5.73 Å². The van der Waals surface area contributed by atoms with Crippen molar-refractivity contribution in [3.8, 4) is 0 Å². The Morgan fingerprint density at radius 1 is 1.15 bits per heavy atom. The van der Waals surface area contributed by atoms with Gasteiger partial charge in [-0.25, -0.2) is 0 Å². The van der Waals surface area contributed by atoms with Crippen LogP contribution in [0.1, 0.15) is 11.1 Å². The van der Waals surface area contributed by atoms with E-state index in [0.29, 0.717) is 5.75 Å². The van der Waals surface area contributed by atoms with E-state index in [2.05, 4.69) is 5.32 Å². The molecule has 0 aromatic heterocycles. The molecule has 0 bridgehead atoms. The van der Waals surface area contributed by atoms with Gasteiger partial charge in [0.05, 0.1) is 5.75 Å². The minimum atomic E-state index is 0.0275. The van der Waals surface area contributed by atoms with Gasteiger partial charge in [0, 0.05) is 17.1 Å². The van der Waals surface area contributed by atoms with Crippen LogP contribution in [0, 0.1) is 6.92 Å². The number of carbonyl (C=O) groups excluding carboxylic acids is 1. The molecule has 0 saturated carbocycles. The summed E-state index contributed by atoms with van der Waals surface area (Å²) in [6.45, 7) is 1.98. The normalized spacial score (nSPS) is 10.2. The van der Waals surface area contributed by atoms with Crippen LogP contribution in [0.25, 0.3) is 0 Å². The summed E-state index contributed by atoms with van der Waals surface area (Å²) in [6, 6.07) is 15.5. The lowest BCUT2D eigenvalue weighted by Gasteiger charge is -2.08. The number of nitrogens with two attached hydrogens (primary N) is 1. The summed E-state index contributed by atoms with van der Waals surface area (Å²) >= 11 is 1.59. The van der Waals surface area contributed by atoms with Gasteiger partial charge in [-0.3, -0.25) is 4.79 Å².